The summed E-state index contributed by atoms with van der Waals surface area (Å²) in [5, 5.41) is 35.8. The van der Waals surface area contributed by atoms with E-state index in [1.165, 1.54) is 26.4 Å². The van der Waals surface area contributed by atoms with E-state index in [0.717, 1.165) is 25.5 Å². The molecule has 0 unspecified atom stereocenters. The summed E-state index contributed by atoms with van der Waals surface area (Å²) in [5.41, 5.74) is 0.335. The van der Waals surface area contributed by atoms with Gasteiger partial charge in [0, 0.05) is 17.7 Å². The first-order valence-corrected chi connectivity index (χ1v) is 8.03. The molecule has 0 aliphatic rings. The van der Waals surface area contributed by atoms with Crippen molar-refractivity contribution in [3.8, 4) is 23.0 Å². The van der Waals surface area contributed by atoms with Crippen LogP contribution in [-0.2, 0) is 0 Å². The molecule has 158 valence electrons. The van der Waals surface area contributed by atoms with Crippen LogP contribution >= 0.6 is 0 Å². The zero-order valence-electron chi connectivity index (χ0n) is 15.9. The lowest BCUT2D eigenvalue weighted by atomic mass is 10.1. The number of hydrogen-bond acceptors (Lipinski definition) is 10. The Bertz CT molecular complexity index is 1040. The molecule has 0 aromatic heterocycles. The molecular formula is C17H16N4O9. The van der Waals surface area contributed by atoms with Gasteiger partial charge < -0.3 is 19.3 Å². The van der Waals surface area contributed by atoms with Crippen molar-refractivity contribution in [1.29, 1.82) is 0 Å². The Kier molecular flexibility index (Phi) is 6.70. The molecule has 0 bridgehead atoms. The number of rotatable bonds is 8. The quantitative estimate of drug-likeness (QED) is 0.367. The molecule has 0 aliphatic carbocycles. The second-order valence-corrected chi connectivity index (χ2v) is 5.47. The Morgan fingerprint density at radius 2 is 1.77 bits per heavy atom. The molecule has 0 atom stereocenters. The van der Waals surface area contributed by atoms with Crippen LogP contribution in [0.1, 0.15) is 15.9 Å². The van der Waals surface area contributed by atoms with Crippen LogP contribution in [0, 0.1) is 20.2 Å². The van der Waals surface area contributed by atoms with Crippen molar-refractivity contribution in [3.05, 3.63) is 55.6 Å². The van der Waals surface area contributed by atoms with Crippen molar-refractivity contribution >= 4 is 23.5 Å². The highest BCUT2D eigenvalue weighted by Crippen LogP contribution is 2.46. The normalized spacial score (nSPS) is 10.5. The zero-order chi connectivity index (χ0) is 22.4. The maximum absolute atomic E-state index is 12.5. The van der Waals surface area contributed by atoms with Gasteiger partial charge >= 0.3 is 11.4 Å². The Balaban J connectivity index is 2.42. The van der Waals surface area contributed by atoms with E-state index in [1.54, 1.807) is 0 Å². The summed E-state index contributed by atoms with van der Waals surface area (Å²) in [4.78, 5) is 33.3. The largest absolute Gasteiger partial charge is 0.502 e. The number of nitro groups is 2. The Morgan fingerprint density at radius 1 is 1.10 bits per heavy atom. The van der Waals surface area contributed by atoms with Crippen molar-refractivity contribution in [2.45, 2.75) is 0 Å². The van der Waals surface area contributed by atoms with Gasteiger partial charge in [-0.1, -0.05) is 6.07 Å². The van der Waals surface area contributed by atoms with Crippen LogP contribution in [0.5, 0.6) is 23.0 Å². The third-order valence-electron chi connectivity index (χ3n) is 3.84. The van der Waals surface area contributed by atoms with Gasteiger partial charge in [-0.2, -0.15) is 5.10 Å². The number of hydrogen-bond donors (Lipinski definition) is 2. The Hall–Kier alpha value is -4.42. The van der Waals surface area contributed by atoms with E-state index in [0.29, 0.717) is 0 Å². The van der Waals surface area contributed by atoms with Crippen LogP contribution in [0.15, 0.2) is 29.4 Å². The molecule has 0 saturated heterocycles. The smallest absolute Gasteiger partial charge is 0.327 e. The van der Waals surface area contributed by atoms with Gasteiger partial charge in [0.05, 0.1) is 37.4 Å². The molecule has 13 heteroatoms. The predicted octanol–water partition coefficient (Wildman–Crippen LogP) is 2.00. The van der Waals surface area contributed by atoms with Gasteiger partial charge in [0.25, 0.3) is 5.91 Å². The molecule has 2 rings (SSSR count). The van der Waals surface area contributed by atoms with Crippen molar-refractivity contribution < 1.29 is 34.0 Å². The molecule has 13 nitrogen and oxygen atoms in total. The number of hydrazone groups is 1. The van der Waals surface area contributed by atoms with Crippen LogP contribution in [0.2, 0.25) is 0 Å². The highest BCUT2D eigenvalue weighted by Gasteiger charge is 2.32. The van der Waals surface area contributed by atoms with E-state index in [2.05, 4.69) is 10.5 Å². The summed E-state index contributed by atoms with van der Waals surface area (Å²) in [5.74, 6) is -2.05. The summed E-state index contributed by atoms with van der Waals surface area (Å²) >= 11 is 0. The monoisotopic (exact) mass is 420 g/mol. The van der Waals surface area contributed by atoms with E-state index >= 15 is 0 Å². The fraction of sp³-hybridized carbons (Fsp3) is 0.176. The average Bonchev–Trinajstić information content (AvgIpc) is 2.72. The molecule has 0 aliphatic heterocycles. The lowest BCUT2D eigenvalue weighted by molar-refractivity contribution is -0.386. The highest BCUT2D eigenvalue weighted by molar-refractivity contribution is 6.01. The van der Waals surface area contributed by atoms with Gasteiger partial charge in [-0.05, 0) is 6.07 Å². The number of nitrogens with one attached hydrogen (secondary N) is 1. The first kappa shape index (κ1) is 21.9. The molecule has 0 fully saturated rings. The minimum Gasteiger partial charge on any atom is -0.502 e. The molecule has 0 heterocycles. The summed E-state index contributed by atoms with van der Waals surface area (Å²) in [6.07, 6.45) is 0.948. The first-order chi connectivity index (χ1) is 14.3. The predicted molar refractivity (Wildman–Crippen MR) is 103 cm³/mol. The molecule has 2 aromatic carbocycles. The Morgan fingerprint density at radius 3 is 2.30 bits per heavy atom. The van der Waals surface area contributed by atoms with E-state index in [4.69, 9.17) is 14.2 Å². The fourth-order valence-electron chi connectivity index (χ4n) is 2.52. The summed E-state index contributed by atoms with van der Waals surface area (Å²) < 4.78 is 15.2. The molecule has 0 spiro atoms. The maximum Gasteiger partial charge on any atom is 0.327 e. The number of ether oxygens (including phenoxy) is 3. The van der Waals surface area contributed by atoms with Crippen molar-refractivity contribution in [2.24, 2.45) is 5.10 Å². The van der Waals surface area contributed by atoms with E-state index in [-0.39, 0.29) is 22.8 Å². The maximum atomic E-state index is 12.5. The standard InChI is InChI=1S/C17H16N4O9/c1-28-12-7-10(13(21(26)27)16(30-3)15(12)29-2)17(23)19-18-8-9-5-4-6-11(14(9)22)20(24)25/h4-8,22H,1-3H3,(H,19,23). The van der Waals surface area contributed by atoms with Crippen LogP contribution in [0.25, 0.3) is 0 Å². The third-order valence-corrected chi connectivity index (χ3v) is 3.84. The Labute approximate surface area is 168 Å². The number of carbonyl (C=O) groups is 1. The van der Waals surface area contributed by atoms with Crippen molar-refractivity contribution in [3.63, 3.8) is 0 Å². The fourth-order valence-corrected chi connectivity index (χ4v) is 2.52. The summed E-state index contributed by atoms with van der Waals surface area (Å²) in [6.45, 7) is 0. The van der Waals surface area contributed by atoms with Crippen LogP contribution in [0.3, 0.4) is 0 Å². The number of para-hydroxylation sites is 1. The molecular weight excluding hydrogens is 404 g/mol. The van der Waals surface area contributed by atoms with Crippen molar-refractivity contribution in [1.82, 2.24) is 5.43 Å². The van der Waals surface area contributed by atoms with Crippen molar-refractivity contribution in [2.75, 3.05) is 21.3 Å². The third kappa shape index (κ3) is 4.19. The highest BCUT2D eigenvalue weighted by atomic mass is 16.6. The molecule has 2 aromatic rings. The van der Waals surface area contributed by atoms with Crippen LogP contribution in [0.4, 0.5) is 11.4 Å². The van der Waals surface area contributed by atoms with Gasteiger partial charge in [0.15, 0.2) is 5.75 Å². The minimum atomic E-state index is -0.998. The van der Waals surface area contributed by atoms with Gasteiger partial charge in [-0.3, -0.25) is 25.0 Å². The summed E-state index contributed by atoms with van der Waals surface area (Å²) in [6, 6.07) is 4.80. The molecule has 1 amide bonds. The number of benzene rings is 2. The molecule has 0 saturated carbocycles. The van der Waals surface area contributed by atoms with Crippen LogP contribution in [-0.4, -0.2) is 48.4 Å². The van der Waals surface area contributed by atoms with E-state index in [9.17, 15) is 30.1 Å². The second-order valence-electron chi connectivity index (χ2n) is 5.47. The van der Waals surface area contributed by atoms with E-state index < -0.39 is 38.4 Å². The first-order valence-electron chi connectivity index (χ1n) is 8.03. The number of nitro benzene ring substituents is 2. The summed E-state index contributed by atoms with van der Waals surface area (Å²) in [7, 11) is 3.68. The molecule has 30 heavy (non-hydrogen) atoms. The topological polar surface area (TPSA) is 176 Å². The lowest BCUT2D eigenvalue weighted by Gasteiger charge is -2.14. The number of nitrogens with zero attached hydrogens (tertiary/aromatic N) is 3. The number of amides is 1. The number of phenolic OH excluding ortho intramolecular Hbond substituents is 1. The number of methoxy groups -OCH3 is 3. The van der Waals surface area contributed by atoms with Gasteiger partial charge in [0.2, 0.25) is 17.2 Å². The molecule has 2 N–H and O–H groups in total. The second kappa shape index (κ2) is 9.18. The number of aromatic hydroxyl groups is 1. The molecule has 0 radical (unpaired) electrons. The van der Waals surface area contributed by atoms with Crippen LogP contribution < -0.4 is 19.6 Å². The lowest BCUT2D eigenvalue weighted by Crippen LogP contribution is -2.20. The van der Waals surface area contributed by atoms with Gasteiger partial charge in [-0.25, -0.2) is 5.43 Å². The van der Waals surface area contributed by atoms with Gasteiger partial charge in [-0.15, -0.1) is 0 Å². The average molecular weight is 420 g/mol. The van der Waals surface area contributed by atoms with Gasteiger partial charge in [0.1, 0.15) is 5.56 Å². The SMILES string of the molecule is COc1cc(C(=O)NN=Cc2cccc([N+](=O)[O-])c2O)c([N+](=O)[O-])c(OC)c1OC. The number of carbonyl (C=O) groups excluding carboxylic acids is 1. The zero-order valence-corrected chi connectivity index (χ0v) is 15.9. The minimum absolute atomic E-state index is 0.00501. The van der Waals surface area contributed by atoms with E-state index in [1.807, 2.05) is 0 Å². The number of phenols is 1.